The van der Waals surface area contributed by atoms with Crippen molar-refractivity contribution < 1.29 is 14.4 Å². The van der Waals surface area contributed by atoms with Crippen LogP contribution in [0.2, 0.25) is 0 Å². The zero-order valence-electron chi connectivity index (χ0n) is 15.6. The molecule has 2 rings (SSSR count). The number of nitrogens with one attached hydrogen (secondary N) is 1. The van der Waals surface area contributed by atoms with E-state index in [-0.39, 0.29) is 41.1 Å². The first-order valence-corrected chi connectivity index (χ1v) is 8.99. The number of likely N-dealkylation sites (tertiary alicyclic amines) is 2. The van der Waals surface area contributed by atoms with Gasteiger partial charge < -0.3 is 15.1 Å². The van der Waals surface area contributed by atoms with Crippen LogP contribution in [-0.4, -0.2) is 59.2 Å². The van der Waals surface area contributed by atoms with Crippen LogP contribution >= 0.6 is 0 Å². The molecule has 6 heteroatoms. The van der Waals surface area contributed by atoms with E-state index in [1.54, 1.807) is 4.90 Å². The Morgan fingerprint density at radius 3 is 2.21 bits per heavy atom. The van der Waals surface area contributed by atoms with Crippen molar-refractivity contribution in [2.45, 2.75) is 66.0 Å². The van der Waals surface area contributed by atoms with Gasteiger partial charge in [0.05, 0.1) is 5.92 Å². The van der Waals surface area contributed by atoms with Crippen LogP contribution in [0.5, 0.6) is 0 Å². The summed E-state index contributed by atoms with van der Waals surface area (Å²) in [5.74, 6) is -0.0294. The van der Waals surface area contributed by atoms with Crippen LogP contribution in [0.25, 0.3) is 0 Å². The molecule has 2 heterocycles. The molecule has 136 valence electrons. The first-order chi connectivity index (χ1) is 11.1. The molecule has 0 bridgehead atoms. The number of hydrogen-bond acceptors (Lipinski definition) is 3. The van der Waals surface area contributed by atoms with Crippen molar-refractivity contribution in [3.05, 3.63) is 0 Å². The third kappa shape index (κ3) is 4.28. The van der Waals surface area contributed by atoms with E-state index in [1.165, 1.54) is 0 Å². The number of hydrogen-bond donors (Lipinski definition) is 1. The molecule has 1 unspecified atom stereocenters. The highest BCUT2D eigenvalue weighted by molar-refractivity contribution is 5.89. The number of carbonyl (C=O) groups excluding carboxylic acids is 3. The summed E-state index contributed by atoms with van der Waals surface area (Å²) in [4.78, 5) is 40.3. The molecule has 6 nitrogen and oxygen atoms in total. The van der Waals surface area contributed by atoms with Crippen LogP contribution in [0.1, 0.15) is 53.9 Å². The van der Waals surface area contributed by atoms with Crippen molar-refractivity contribution in [1.29, 1.82) is 0 Å². The maximum absolute atomic E-state index is 12.4. The summed E-state index contributed by atoms with van der Waals surface area (Å²) >= 11 is 0. The van der Waals surface area contributed by atoms with Gasteiger partial charge in [-0.15, -0.1) is 0 Å². The van der Waals surface area contributed by atoms with E-state index in [0.29, 0.717) is 26.1 Å². The van der Waals surface area contributed by atoms with Gasteiger partial charge in [0.2, 0.25) is 17.7 Å². The topological polar surface area (TPSA) is 69.7 Å². The van der Waals surface area contributed by atoms with Gasteiger partial charge >= 0.3 is 0 Å². The molecule has 1 N–H and O–H groups in total. The van der Waals surface area contributed by atoms with Crippen LogP contribution in [0.3, 0.4) is 0 Å². The molecular formula is C18H31N3O3. The van der Waals surface area contributed by atoms with Gasteiger partial charge in [0.25, 0.3) is 0 Å². The van der Waals surface area contributed by atoms with Crippen LogP contribution < -0.4 is 5.32 Å². The Hall–Kier alpha value is -1.59. The number of carbonyl (C=O) groups is 3. The Bertz CT molecular complexity index is 502. The molecule has 2 aliphatic rings. The quantitative estimate of drug-likeness (QED) is 0.846. The van der Waals surface area contributed by atoms with Gasteiger partial charge in [0.1, 0.15) is 0 Å². The average molecular weight is 337 g/mol. The zero-order chi connectivity index (χ0) is 18.1. The van der Waals surface area contributed by atoms with Gasteiger partial charge in [-0.25, -0.2) is 0 Å². The molecule has 3 amide bonds. The largest absolute Gasteiger partial charge is 0.353 e. The fourth-order valence-electron chi connectivity index (χ4n) is 3.43. The maximum atomic E-state index is 12.4. The smallest absolute Gasteiger partial charge is 0.227 e. The summed E-state index contributed by atoms with van der Waals surface area (Å²) in [5, 5.41) is 3.08. The lowest BCUT2D eigenvalue weighted by molar-refractivity contribution is -0.140. The van der Waals surface area contributed by atoms with Gasteiger partial charge in [0, 0.05) is 43.6 Å². The molecule has 24 heavy (non-hydrogen) atoms. The van der Waals surface area contributed by atoms with E-state index in [0.717, 1.165) is 12.8 Å². The Morgan fingerprint density at radius 1 is 1.17 bits per heavy atom. The fourth-order valence-corrected chi connectivity index (χ4v) is 3.43. The van der Waals surface area contributed by atoms with Crippen molar-refractivity contribution in [2.75, 3.05) is 19.6 Å². The first-order valence-electron chi connectivity index (χ1n) is 8.99. The number of rotatable bonds is 3. The second-order valence-electron chi connectivity index (χ2n) is 8.37. The highest BCUT2D eigenvalue weighted by Gasteiger charge is 2.37. The lowest BCUT2D eigenvalue weighted by atomic mass is 9.93. The van der Waals surface area contributed by atoms with Crippen LogP contribution in [-0.2, 0) is 14.4 Å². The highest BCUT2D eigenvalue weighted by Crippen LogP contribution is 2.23. The first kappa shape index (κ1) is 18.7. The number of piperidine rings is 1. The molecule has 0 saturated carbocycles. The minimum atomic E-state index is -0.361. The normalized spacial score (nSPS) is 23.1. The van der Waals surface area contributed by atoms with E-state index in [9.17, 15) is 14.4 Å². The third-order valence-corrected chi connectivity index (χ3v) is 4.92. The second kappa shape index (κ2) is 7.11. The Kier molecular flexibility index (Phi) is 5.56. The Labute approximate surface area is 144 Å². The van der Waals surface area contributed by atoms with Gasteiger partial charge in [-0.05, 0) is 26.7 Å². The molecule has 1 atom stereocenters. The molecule has 0 aromatic rings. The summed E-state index contributed by atoms with van der Waals surface area (Å²) in [7, 11) is 0. The highest BCUT2D eigenvalue weighted by atomic mass is 16.2. The summed E-state index contributed by atoms with van der Waals surface area (Å²) in [5.41, 5.74) is -0.361. The number of nitrogens with zero attached hydrogens (tertiary/aromatic N) is 2. The molecule has 0 spiro atoms. The van der Waals surface area contributed by atoms with Crippen molar-refractivity contribution in [2.24, 2.45) is 11.3 Å². The van der Waals surface area contributed by atoms with Crippen LogP contribution in [0.4, 0.5) is 0 Å². The summed E-state index contributed by atoms with van der Waals surface area (Å²) in [6, 6.07) is 0.242. The number of amides is 3. The van der Waals surface area contributed by atoms with E-state index >= 15 is 0 Å². The van der Waals surface area contributed by atoms with Crippen LogP contribution in [0.15, 0.2) is 0 Å². The van der Waals surface area contributed by atoms with Gasteiger partial charge in [-0.1, -0.05) is 20.8 Å². The molecule has 0 aliphatic carbocycles. The minimum Gasteiger partial charge on any atom is -0.353 e. The minimum absolute atomic E-state index is 0.0212. The molecule has 2 fully saturated rings. The van der Waals surface area contributed by atoms with Crippen molar-refractivity contribution in [3.63, 3.8) is 0 Å². The van der Waals surface area contributed by atoms with Crippen molar-refractivity contribution >= 4 is 17.7 Å². The third-order valence-electron chi connectivity index (χ3n) is 4.92. The monoisotopic (exact) mass is 337 g/mol. The standard InChI is InChI=1S/C18H31N3O3/c1-12(2)21-11-13(10-15(21)22)16(23)19-14-6-8-20(9-7-14)17(24)18(3,4)5/h12-14H,6-11H2,1-5H3,(H,19,23). The van der Waals surface area contributed by atoms with E-state index < -0.39 is 0 Å². The van der Waals surface area contributed by atoms with E-state index in [1.807, 2.05) is 39.5 Å². The maximum Gasteiger partial charge on any atom is 0.227 e. The fraction of sp³-hybridized carbons (Fsp3) is 0.833. The lowest BCUT2D eigenvalue weighted by Crippen LogP contribution is -2.50. The summed E-state index contributed by atoms with van der Waals surface area (Å²) in [6.07, 6.45) is 1.87. The molecule has 2 saturated heterocycles. The van der Waals surface area contributed by atoms with Crippen molar-refractivity contribution in [3.8, 4) is 0 Å². The molecular weight excluding hydrogens is 306 g/mol. The van der Waals surface area contributed by atoms with E-state index in [2.05, 4.69) is 5.32 Å². The Balaban J connectivity index is 1.81. The van der Waals surface area contributed by atoms with Gasteiger partial charge in [-0.3, -0.25) is 14.4 Å². The predicted molar refractivity (Wildman–Crippen MR) is 92.2 cm³/mol. The average Bonchev–Trinajstić information content (AvgIpc) is 2.88. The summed E-state index contributed by atoms with van der Waals surface area (Å²) in [6.45, 7) is 11.6. The SMILES string of the molecule is CC(C)N1CC(C(=O)NC2CCN(C(=O)C(C)(C)C)CC2)CC1=O. The Morgan fingerprint density at radius 2 is 1.75 bits per heavy atom. The molecule has 0 radical (unpaired) electrons. The van der Waals surface area contributed by atoms with Crippen molar-refractivity contribution in [1.82, 2.24) is 15.1 Å². The van der Waals surface area contributed by atoms with Gasteiger partial charge in [0.15, 0.2) is 0 Å². The lowest BCUT2D eigenvalue weighted by Gasteiger charge is -2.36. The van der Waals surface area contributed by atoms with Gasteiger partial charge in [-0.2, -0.15) is 0 Å². The van der Waals surface area contributed by atoms with Crippen LogP contribution in [0, 0.1) is 11.3 Å². The van der Waals surface area contributed by atoms with E-state index in [4.69, 9.17) is 0 Å². The molecule has 0 aromatic heterocycles. The molecule has 2 aliphatic heterocycles. The molecule has 0 aromatic carbocycles. The second-order valence-corrected chi connectivity index (χ2v) is 8.37. The zero-order valence-corrected chi connectivity index (χ0v) is 15.6. The summed E-state index contributed by atoms with van der Waals surface area (Å²) < 4.78 is 0. The predicted octanol–water partition coefficient (Wildman–Crippen LogP) is 1.40.